The second-order valence-corrected chi connectivity index (χ2v) is 2.85. The Bertz CT molecular complexity index is 300. The number of nitrogens with zero attached hydrogens (tertiary/aromatic N) is 2. The van der Waals surface area contributed by atoms with Gasteiger partial charge in [-0.15, -0.1) is 0 Å². The molecular weight excluding hydrogens is 166 g/mol. The first-order valence-electron chi connectivity index (χ1n) is 3.86. The molecule has 0 aliphatic rings. The van der Waals surface area contributed by atoms with E-state index in [1.165, 1.54) is 0 Å². The number of nitrogen functional groups attached to an aromatic ring is 2. The molecule has 0 bridgehead atoms. The van der Waals surface area contributed by atoms with Crippen LogP contribution in [0.4, 0.5) is 17.6 Å². The molecule has 1 rings (SSSR count). The summed E-state index contributed by atoms with van der Waals surface area (Å²) in [7, 11) is 0. The van der Waals surface area contributed by atoms with E-state index in [9.17, 15) is 0 Å². The molecule has 0 radical (unpaired) electrons. The van der Waals surface area contributed by atoms with Crippen LogP contribution in [0.3, 0.4) is 0 Å². The van der Waals surface area contributed by atoms with E-state index in [2.05, 4.69) is 21.9 Å². The molecule has 0 aliphatic heterocycles. The third-order valence-corrected chi connectivity index (χ3v) is 1.33. The summed E-state index contributed by atoms with van der Waals surface area (Å²) in [6.45, 7) is 6.31. The molecule has 1 aromatic heterocycles. The Morgan fingerprint density at radius 3 is 2.77 bits per heavy atom. The molecule has 13 heavy (non-hydrogen) atoms. The van der Waals surface area contributed by atoms with Crippen molar-refractivity contribution < 1.29 is 0 Å². The molecule has 5 N–H and O–H groups in total. The standard InChI is InChI=1S/C8H13N5/c1-5(2)4-11-7-3-6(9)12-8(10)13-7/h3H,1,4H2,2H3,(H5,9,10,11,12,13). The predicted octanol–water partition coefficient (Wildman–Crippen LogP) is 0.629. The van der Waals surface area contributed by atoms with E-state index in [1.807, 2.05) is 6.92 Å². The van der Waals surface area contributed by atoms with Gasteiger partial charge in [0.05, 0.1) is 0 Å². The highest BCUT2D eigenvalue weighted by Crippen LogP contribution is 2.09. The van der Waals surface area contributed by atoms with E-state index < -0.39 is 0 Å². The zero-order chi connectivity index (χ0) is 9.84. The fourth-order valence-electron chi connectivity index (χ4n) is 0.817. The summed E-state index contributed by atoms with van der Waals surface area (Å²) in [6, 6.07) is 1.62. The maximum Gasteiger partial charge on any atom is 0.223 e. The SMILES string of the molecule is C=C(C)CNc1cc(N)nc(N)n1. The van der Waals surface area contributed by atoms with Crippen molar-refractivity contribution in [2.45, 2.75) is 6.92 Å². The highest BCUT2D eigenvalue weighted by Gasteiger charge is 1.98. The van der Waals surface area contributed by atoms with E-state index in [0.29, 0.717) is 18.2 Å². The van der Waals surface area contributed by atoms with Crippen LogP contribution in [-0.2, 0) is 0 Å². The van der Waals surface area contributed by atoms with E-state index >= 15 is 0 Å². The minimum atomic E-state index is 0.171. The van der Waals surface area contributed by atoms with Gasteiger partial charge in [-0.2, -0.15) is 9.97 Å². The lowest BCUT2D eigenvalue weighted by atomic mass is 10.3. The molecule has 0 unspecified atom stereocenters. The van der Waals surface area contributed by atoms with Gasteiger partial charge < -0.3 is 16.8 Å². The van der Waals surface area contributed by atoms with Crippen LogP contribution in [0.2, 0.25) is 0 Å². The normalized spacial score (nSPS) is 9.62. The second kappa shape index (κ2) is 3.75. The first-order chi connectivity index (χ1) is 6.08. The van der Waals surface area contributed by atoms with Crippen LogP contribution < -0.4 is 16.8 Å². The zero-order valence-corrected chi connectivity index (χ0v) is 7.54. The van der Waals surface area contributed by atoms with Crippen molar-refractivity contribution in [3.8, 4) is 0 Å². The zero-order valence-electron chi connectivity index (χ0n) is 7.54. The molecule has 5 heteroatoms. The topological polar surface area (TPSA) is 89.8 Å². The van der Waals surface area contributed by atoms with Crippen LogP contribution in [0.25, 0.3) is 0 Å². The Kier molecular flexibility index (Phi) is 2.69. The van der Waals surface area contributed by atoms with Gasteiger partial charge in [0, 0.05) is 12.6 Å². The number of nitrogens with two attached hydrogens (primary N) is 2. The van der Waals surface area contributed by atoms with Gasteiger partial charge in [0.15, 0.2) is 0 Å². The number of rotatable bonds is 3. The molecule has 0 spiro atoms. The first-order valence-corrected chi connectivity index (χ1v) is 3.86. The Morgan fingerprint density at radius 2 is 2.23 bits per heavy atom. The molecule has 1 aromatic rings. The molecular formula is C8H13N5. The average molecular weight is 179 g/mol. The van der Waals surface area contributed by atoms with E-state index in [0.717, 1.165) is 5.57 Å². The maximum absolute atomic E-state index is 5.47. The third kappa shape index (κ3) is 2.98. The van der Waals surface area contributed by atoms with Gasteiger partial charge in [-0.1, -0.05) is 12.2 Å². The minimum Gasteiger partial charge on any atom is -0.383 e. The Hall–Kier alpha value is -1.78. The molecule has 1 heterocycles. The molecule has 70 valence electrons. The van der Waals surface area contributed by atoms with E-state index in [4.69, 9.17) is 11.5 Å². The lowest BCUT2D eigenvalue weighted by Gasteiger charge is -2.05. The summed E-state index contributed by atoms with van der Waals surface area (Å²) in [5.41, 5.74) is 11.9. The molecule has 0 amide bonds. The summed E-state index contributed by atoms with van der Waals surface area (Å²) in [5, 5.41) is 3.02. The van der Waals surface area contributed by atoms with Crippen molar-refractivity contribution in [3.63, 3.8) is 0 Å². The van der Waals surface area contributed by atoms with Crippen LogP contribution in [-0.4, -0.2) is 16.5 Å². The van der Waals surface area contributed by atoms with Gasteiger partial charge in [0.25, 0.3) is 0 Å². The van der Waals surface area contributed by atoms with Crippen LogP contribution in [0, 0.1) is 0 Å². The Balaban J connectivity index is 2.71. The highest BCUT2D eigenvalue weighted by molar-refractivity contribution is 5.48. The average Bonchev–Trinajstić information content (AvgIpc) is 1.99. The van der Waals surface area contributed by atoms with E-state index in [-0.39, 0.29) is 5.95 Å². The van der Waals surface area contributed by atoms with Crippen molar-refractivity contribution in [2.75, 3.05) is 23.3 Å². The van der Waals surface area contributed by atoms with Gasteiger partial charge in [-0.25, -0.2) is 0 Å². The number of aromatic nitrogens is 2. The second-order valence-electron chi connectivity index (χ2n) is 2.85. The molecule has 0 aliphatic carbocycles. The van der Waals surface area contributed by atoms with Crippen molar-refractivity contribution in [1.29, 1.82) is 0 Å². The summed E-state index contributed by atoms with van der Waals surface area (Å²) in [4.78, 5) is 7.68. The molecule has 0 saturated carbocycles. The van der Waals surface area contributed by atoms with Crippen molar-refractivity contribution in [1.82, 2.24) is 9.97 Å². The largest absolute Gasteiger partial charge is 0.383 e. The number of anilines is 3. The smallest absolute Gasteiger partial charge is 0.223 e. The highest BCUT2D eigenvalue weighted by atomic mass is 15.1. The lowest BCUT2D eigenvalue weighted by Crippen LogP contribution is -2.07. The first kappa shape index (κ1) is 9.31. The molecule has 0 atom stereocenters. The summed E-state index contributed by atoms with van der Waals surface area (Å²) in [5.74, 6) is 1.15. The Labute approximate surface area is 76.9 Å². The van der Waals surface area contributed by atoms with E-state index in [1.54, 1.807) is 6.07 Å². The van der Waals surface area contributed by atoms with Crippen LogP contribution >= 0.6 is 0 Å². The van der Waals surface area contributed by atoms with Gasteiger partial charge in [-0.3, -0.25) is 0 Å². The monoisotopic (exact) mass is 179 g/mol. The third-order valence-electron chi connectivity index (χ3n) is 1.33. The van der Waals surface area contributed by atoms with Crippen molar-refractivity contribution >= 4 is 17.6 Å². The summed E-state index contributed by atoms with van der Waals surface area (Å²) in [6.07, 6.45) is 0. The fraction of sp³-hybridized carbons (Fsp3) is 0.250. The number of hydrogen-bond acceptors (Lipinski definition) is 5. The summed E-state index contributed by atoms with van der Waals surface area (Å²) < 4.78 is 0. The molecule has 0 aromatic carbocycles. The quantitative estimate of drug-likeness (QED) is 0.592. The number of hydrogen-bond donors (Lipinski definition) is 3. The van der Waals surface area contributed by atoms with Crippen LogP contribution in [0.5, 0.6) is 0 Å². The minimum absolute atomic E-state index is 0.171. The molecule has 0 fully saturated rings. The summed E-state index contributed by atoms with van der Waals surface area (Å²) >= 11 is 0. The fourth-order valence-corrected chi connectivity index (χ4v) is 0.817. The number of nitrogens with one attached hydrogen (secondary N) is 1. The van der Waals surface area contributed by atoms with Gasteiger partial charge in [-0.05, 0) is 6.92 Å². The van der Waals surface area contributed by atoms with Gasteiger partial charge >= 0.3 is 0 Å². The predicted molar refractivity (Wildman–Crippen MR) is 54.2 cm³/mol. The van der Waals surface area contributed by atoms with Crippen molar-refractivity contribution in [2.24, 2.45) is 0 Å². The molecule has 0 saturated heterocycles. The lowest BCUT2D eigenvalue weighted by molar-refractivity contribution is 1.13. The van der Waals surface area contributed by atoms with Crippen LogP contribution in [0.15, 0.2) is 18.2 Å². The molecule has 5 nitrogen and oxygen atoms in total. The van der Waals surface area contributed by atoms with Crippen LogP contribution in [0.1, 0.15) is 6.92 Å². The van der Waals surface area contributed by atoms with Gasteiger partial charge in [0.2, 0.25) is 5.95 Å². The maximum atomic E-state index is 5.47. The van der Waals surface area contributed by atoms with Crippen molar-refractivity contribution in [3.05, 3.63) is 18.2 Å². The Morgan fingerprint density at radius 1 is 1.54 bits per heavy atom. The van der Waals surface area contributed by atoms with Gasteiger partial charge in [0.1, 0.15) is 11.6 Å².